The monoisotopic (exact) mass is 459 g/mol. The van der Waals surface area contributed by atoms with E-state index in [0.717, 1.165) is 63.6 Å². The Labute approximate surface area is 189 Å². The fourth-order valence-electron chi connectivity index (χ4n) is 6.18. The molecule has 168 valence electrons. The third-order valence-corrected chi connectivity index (χ3v) is 7.64. The van der Waals surface area contributed by atoms with Crippen LogP contribution in [0, 0.1) is 11.8 Å². The maximum absolute atomic E-state index is 9.93. The van der Waals surface area contributed by atoms with Crippen molar-refractivity contribution in [2.45, 2.75) is 30.6 Å². The summed E-state index contributed by atoms with van der Waals surface area (Å²) in [6.45, 7) is 6.58. The molecule has 4 atom stereocenters. The number of likely N-dealkylation sites (tertiary alicyclic amines) is 1. The predicted octanol–water partition coefficient (Wildman–Crippen LogP) is 1.51. The van der Waals surface area contributed by atoms with Gasteiger partial charge in [-0.25, -0.2) is 0 Å². The van der Waals surface area contributed by atoms with Crippen LogP contribution in [0.25, 0.3) is 0 Å². The summed E-state index contributed by atoms with van der Waals surface area (Å²) in [7, 11) is 0. The van der Waals surface area contributed by atoms with E-state index in [1.165, 1.54) is 5.69 Å². The van der Waals surface area contributed by atoms with E-state index >= 15 is 0 Å². The van der Waals surface area contributed by atoms with Gasteiger partial charge in [0.15, 0.2) is 11.5 Å². The fourth-order valence-corrected chi connectivity index (χ4v) is 6.18. The number of fused-ring (bicyclic) bond motifs is 2. The van der Waals surface area contributed by atoms with Crippen LogP contribution < -0.4 is 19.7 Å². The summed E-state index contributed by atoms with van der Waals surface area (Å²) in [6.07, 6.45) is 2.52. The molecule has 7 nitrogen and oxygen atoms in total. The van der Waals surface area contributed by atoms with Crippen LogP contribution in [0.1, 0.15) is 12.8 Å². The molecule has 0 unspecified atom stereocenters. The number of nitrogens with zero attached hydrogens (tertiary/aromatic N) is 2. The number of hydrogen-bond acceptors (Lipinski definition) is 7. The van der Waals surface area contributed by atoms with Crippen LogP contribution in [0.3, 0.4) is 0 Å². The molecule has 30 heavy (non-hydrogen) atoms. The lowest BCUT2D eigenvalue weighted by Crippen LogP contribution is -2.53. The Morgan fingerprint density at radius 3 is 2.73 bits per heavy atom. The summed E-state index contributed by atoms with van der Waals surface area (Å²) in [5, 5.41) is 13.5. The second-order valence-electron chi connectivity index (χ2n) is 8.99. The lowest BCUT2D eigenvalue weighted by atomic mass is 9.83. The minimum atomic E-state index is -0.0786. The van der Waals surface area contributed by atoms with Crippen LogP contribution in [-0.2, 0) is 4.74 Å². The molecule has 0 radical (unpaired) electrons. The van der Waals surface area contributed by atoms with Gasteiger partial charge in [0.25, 0.3) is 0 Å². The van der Waals surface area contributed by atoms with Crippen LogP contribution in [0.5, 0.6) is 11.5 Å². The molecular formula is C21H31Cl2N3O4. The highest BCUT2D eigenvalue weighted by Crippen LogP contribution is 2.48. The van der Waals surface area contributed by atoms with Crippen LogP contribution in [0.2, 0.25) is 0 Å². The van der Waals surface area contributed by atoms with E-state index < -0.39 is 0 Å². The highest BCUT2D eigenvalue weighted by atomic mass is 35.5. The molecule has 4 fully saturated rings. The minimum absolute atomic E-state index is 0. The number of nitrogens with one attached hydrogen (secondary N) is 1. The normalized spacial score (nSPS) is 35.0. The van der Waals surface area contributed by atoms with Crippen molar-refractivity contribution in [2.75, 3.05) is 57.6 Å². The van der Waals surface area contributed by atoms with Crippen LogP contribution >= 0.6 is 24.8 Å². The van der Waals surface area contributed by atoms with Crippen LogP contribution in [-0.4, -0.2) is 80.4 Å². The van der Waals surface area contributed by atoms with Crippen molar-refractivity contribution in [1.82, 2.24) is 10.2 Å². The number of morpholine rings is 1. The molecule has 5 heterocycles. The topological polar surface area (TPSA) is 66.4 Å². The first-order valence-corrected chi connectivity index (χ1v) is 10.6. The van der Waals surface area contributed by atoms with E-state index in [0.29, 0.717) is 18.8 Å². The average molecular weight is 460 g/mol. The highest BCUT2D eigenvalue weighted by molar-refractivity contribution is 5.85. The third kappa shape index (κ3) is 3.44. The predicted molar refractivity (Wildman–Crippen MR) is 118 cm³/mol. The van der Waals surface area contributed by atoms with Crippen molar-refractivity contribution in [3.8, 4) is 11.5 Å². The lowest BCUT2D eigenvalue weighted by Gasteiger charge is -2.40. The van der Waals surface area contributed by atoms with Crippen molar-refractivity contribution in [3.63, 3.8) is 0 Å². The Morgan fingerprint density at radius 2 is 1.93 bits per heavy atom. The number of aliphatic hydroxyl groups excluding tert-OH is 1. The van der Waals surface area contributed by atoms with E-state index in [9.17, 15) is 5.11 Å². The number of halogens is 2. The van der Waals surface area contributed by atoms with Gasteiger partial charge >= 0.3 is 0 Å². The van der Waals surface area contributed by atoms with E-state index in [1.54, 1.807) is 0 Å². The number of hydrogen-bond donors (Lipinski definition) is 2. The molecule has 1 aromatic carbocycles. The molecule has 4 saturated heterocycles. The first-order chi connectivity index (χ1) is 13.8. The number of piperidine rings is 1. The number of aliphatic hydroxyl groups is 1. The molecule has 6 rings (SSSR count). The van der Waals surface area contributed by atoms with E-state index in [-0.39, 0.29) is 49.0 Å². The van der Waals surface area contributed by atoms with Crippen LogP contribution in [0.4, 0.5) is 5.69 Å². The average Bonchev–Trinajstić information content (AvgIpc) is 3.38. The van der Waals surface area contributed by atoms with Gasteiger partial charge in [0, 0.05) is 75.5 Å². The smallest absolute Gasteiger partial charge is 0.231 e. The van der Waals surface area contributed by atoms with Crippen molar-refractivity contribution in [3.05, 3.63) is 18.2 Å². The first-order valence-electron chi connectivity index (χ1n) is 10.6. The molecule has 5 aliphatic heterocycles. The van der Waals surface area contributed by atoms with Gasteiger partial charge in [0.1, 0.15) is 0 Å². The number of benzene rings is 1. The fraction of sp³-hybridized carbons (Fsp3) is 0.714. The number of rotatable bonds is 3. The Bertz CT molecular complexity index is 764. The second-order valence-corrected chi connectivity index (χ2v) is 8.99. The number of ether oxygens (including phenoxy) is 3. The highest BCUT2D eigenvalue weighted by Gasteiger charge is 2.61. The van der Waals surface area contributed by atoms with Crippen molar-refractivity contribution < 1.29 is 19.3 Å². The molecule has 2 N–H and O–H groups in total. The molecule has 2 bridgehead atoms. The molecule has 1 aromatic rings. The first kappa shape index (κ1) is 22.2. The third-order valence-electron chi connectivity index (χ3n) is 7.64. The zero-order valence-corrected chi connectivity index (χ0v) is 18.6. The van der Waals surface area contributed by atoms with Gasteiger partial charge in [-0.2, -0.15) is 0 Å². The summed E-state index contributed by atoms with van der Waals surface area (Å²) in [4.78, 5) is 5.10. The van der Waals surface area contributed by atoms with Crippen LogP contribution in [0.15, 0.2) is 18.2 Å². The van der Waals surface area contributed by atoms with Gasteiger partial charge < -0.3 is 29.5 Å². The molecule has 0 saturated carbocycles. The molecule has 1 spiro atoms. The maximum atomic E-state index is 9.93. The standard InChI is InChI=1S/C21H29N3O4.2ClH/c25-10-16-17-9-24(12-21(17)11-22-8-20(16)28-21)14-3-5-23(6-4-14)15-1-2-18-19(7-15)27-13-26-18;;/h1-2,7,14,16-17,20,22,25H,3-6,8-13H2;2*1H/t16-,17+,20+,21+;;/m0../s1. The molecule has 9 heteroatoms. The Morgan fingerprint density at radius 1 is 1.13 bits per heavy atom. The SMILES string of the molecule is Cl.Cl.OC[C@H]1[C@H]2CN(C3CCN(c4ccc5c(c4)OCO5)CC3)C[C@]23CNC[C@H]1O3. The Balaban J connectivity index is 0.00000109. The number of anilines is 1. The second kappa shape index (κ2) is 8.52. The zero-order chi connectivity index (χ0) is 18.7. The van der Waals surface area contributed by atoms with Gasteiger partial charge in [-0.15, -0.1) is 24.8 Å². The van der Waals surface area contributed by atoms with Crippen molar-refractivity contribution >= 4 is 30.5 Å². The van der Waals surface area contributed by atoms with Crippen molar-refractivity contribution in [2.24, 2.45) is 11.8 Å². The molecule has 5 aliphatic rings. The summed E-state index contributed by atoms with van der Waals surface area (Å²) < 4.78 is 17.4. The molecule has 0 aromatic heterocycles. The van der Waals surface area contributed by atoms with Gasteiger partial charge in [0.05, 0.1) is 11.7 Å². The van der Waals surface area contributed by atoms with Gasteiger partial charge in [-0.05, 0) is 25.0 Å². The molecule has 0 amide bonds. The van der Waals surface area contributed by atoms with Gasteiger partial charge in [-0.1, -0.05) is 0 Å². The zero-order valence-electron chi connectivity index (χ0n) is 17.0. The van der Waals surface area contributed by atoms with Gasteiger partial charge in [-0.3, -0.25) is 4.90 Å². The quantitative estimate of drug-likeness (QED) is 0.709. The van der Waals surface area contributed by atoms with Crippen molar-refractivity contribution in [1.29, 1.82) is 0 Å². The molecular weight excluding hydrogens is 429 g/mol. The lowest BCUT2D eigenvalue weighted by molar-refractivity contribution is -0.0769. The molecule has 0 aliphatic carbocycles. The van der Waals surface area contributed by atoms with E-state index in [4.69, 9.17) is 14.2 Å². The summed E-state index contributed by atoms with van der Waals surface area (Å²) >= 11 is 0. The van der Waals surface area contributed by atoms with E-state index in [2.05, 4.69) is 27.2 Å². The summed E-state index contributed by atoms with van der Waals surface area (Å²) in [5.74, 6) is 2.45. The van der Waals surface area contributed by atoms with Gasteiger partial charge in [0.2, 0.25) is 6.79 Å². The summed E-state index contributed by atoms with van der Waals surface area (Å²) in [6, 6.07) is 6.87. The largest absolute Gasteiger partial charge is 0.454 e. The van der Waals surface area contributed by atoms with E-state index in [1.807, 2.05) is 6.07 Å². The summed E-state index contributed by atoms with van der Waals surface area (Å²) in [5.41, 5.74) is 1.15. The Kier molecular flexibility index (Phi) is 6.32. The minimum Gasteiger partial charge on any atom is -0.454 e. The maximum Gasteiger partial charge on any atom is 0.231 e. The Hall–Kier alpha value is -0.960.